The van der Waals surface area contributed by atoms with Gasteiger partial charge in [0.15, 0.2) is 6.61 Å². The lowest BCUT2D eigenvalue weighted by atomic mass is 9.98. The number of hydrogen-bond acceptors (Lipinski definition) is 6. The van der Waals surface area contributed by atoms with Crippen LogP contribution >= 0.6 is 0 Å². The van der Waals surface area contributed by atoms with Crippen molar-refractivity contribution in [2.24, 2.45) is 5.92 Å². The minimum atomic E-state index is -3.75. The summed E-state index contributed by atoms with van der Waals surface area (Å²) < 4.78 is 32.2. The minimum absolute atomic E-state index is 0.00289. The quantitative estimate of drug-likeness (QED) is 0.359. The first kappa shape index (κ1) is 29.2. The molecule has 0 aliphatic heterocycles. The number of ether oxygens (including phenoxy) is 1. The van der Waals surface area contributed by atoms with Crippen molar-refractivity contribution in [1.82, 2.24) is 9.62 Å². The summed E-state index contributed by atoms with van der Waals surface area (Å²) in [6, 6.07) is 8.35. The maximum absolute atomic E-state index is 12.9. The Morgan fingerprint density at radius 3 is 2.14 bits per heavy atom. The molecule has 36 heavy (non-hydrogen) atoms. The largest absolute Gasteiger partial charge is 0.456 e. The van der Waals surface area contributed by atoms with Gasteiger partial charge in [-0.3, -0.25) is 9.59 Å². The van der Waals surface area contributed by atoms with Gasteiger partial charge in [0.25, 0.3) is 5.91 Å². The molecule has 0 saturated heterocycles. The molecule has 2 aromatic rings. The third-order valence-electron chi connectivity index (χ3n) is 6.13. The predicted octanol–water partition coefficient (Wildman–Crippen LogP) is 3.82. The van der Waals surface area contributed by atoms with E-state index in [2.05, 4.69) is 5.32 Å². The maximum atomic E-state index is 12.9. The zero-order valence-electron chi connectivity index (χ0n) is 22.0. The van der Waals surface area contributed by atoms with E-state index < -0.39 is 34.5 Å². The number of carbonyl (C=O) groups excluding carboxylic acids is 3. The molecule has 0 heterocycles. The molecule has 196 valence electrons. The van der Waals surface area contributed by atoms with Crippen molar-refractivity contribution in [3.8, 4) is 0 Å². The Morgan fingerprint density at radius 2 is 1.56 bits per heavy atom. The molecule has 2 rings (SSSR count). The topological polar surface area (TPSA) is 110 Å². The number of rotatable bonds is 11. The zero-order valence-corrected chi connectivity index (χ0v) is 22.9. The number of carbonyl (C=O) groups is 3. The highest BCUT2D eigenvalue weighted by Crippen LogP contribution is 2.18. The molecule has 0 bridgehead atoms. The van der Waals surface area contributed by atoms with Crippen molar-refractivity contribution in [1.29, 1.82) is 0 Å². The molecule has 0 aliphatic rings. The zero-order chi connectivity index (χ0) is 27.2. The van der Waals surface area contributed by atoms with Crippen molar-refractivity contribution >= 4 is 27.7 Å². The molecular weight excluding hydrogens is 480 g/mol. The number of aryl methyl sites for hydroxylation is 3. The van der Waals surface area contributed by atoms with Crippen LogP contribution in [0.5, 0.6) is 0 Å². The summed E-state index contributed by atoms with van der Waals surface area (Å²) in [6.07, 6.45) is 0. The third kappa shape index (κ3) is 6.79. The Labute approximate surface area is 214 Å². The first-order valence-electron chi connectivity index (χ1n) is 12.0. The monoisotopic (exact) mass is 516 g/mol. The van der Waals surface area contributed by atoms with Gasteiger partial charge in [-0.1, -0.05) is 39.8 Å². The molecule has 0 spiro atoms. The number of ketones is 1. The van der Waals surface area contributed by atoms with E-state index in [0.717, 1.165) is 16.7 Å². The number of amides is 1. The number of nitrogens with one attached hydrogen (secondary N) is 1. The Morgan fingerprint density at radius 1 is 0.944 bits per heavy atom. The molecule has 1 atom stereocenters. The highest BCUT2D eigenvalue weighted by molar-refractivity contribution is 7.89. The van der Waals surface area contributed by atoms with Crippen LogP contribution < -0.4 is 5.32 Å². The number of Topliss-reactive ketones (excluding diaryl/α,β-unsaturated/α-hetero) is 1. The van der Waals surface area contributed by atoms with Gasteiger partial charge in [-0.25, -0.2) is 13.2 Å². The van der Waals surface area contributed by atoms with E-state index >= 15 is 0 Å². The smallest absolute Gasteiger partial charge is 0.329 e. The number of esters is 1. The molecule has 1 N–H and O–H groups in total. The van der Waals surface area contributed by atoms with Crippen LogP contribution in [0.25, 0.3) is 0 Å². The van der Waals surface area contributed by atoms with Gasteiger partial charge in [-0.2, -0.15) is 4.31 Å². The lowest BCUT2D eigenvalue weighted by Crippen LogP contribution is -2.45. The van der Waals surface area contributed by atoms with Crippen LogP contribution in [0.2, 0.25) is 0 Å². The van der Waals surface area contributed by atoms with Gasteiger partial charge in [0.1, 0.15) is 6.04 Å². The number of nitrogens with zero attached hydrogens (tertiary/aromatic N) is 1. The average molecular weight is 517 g/mol. The summed E-state index contributed by atoms with van der Waals surface area (Å²) in [5, 5.41) is 2.63. The lowest BCUT2D eigenvalue weighted by Gasteiger charge is -2.21. The summed E-state index contributed by atoms with van der Waals surface area (Å²) in [7, 11) is -3.75. The van der Waals surface area contributed by atoms with Gasteiger partial charge in [0.05, 0.1) is 4.90 Å². The van der Waals surface area contributed by atoms with Crippen LogP contribution in [-0.4, -0.2) is 56.1 Å². The van der Waals surface area contributed by atoms with Gasteiger partial charge in [-0.15, -0.1) is 0 Å². The number of sulfonamides is 1. The van der Waals surface area contributed by atoms with Crippen LogP contribution in [0.15, 0.2) is 41.3 Å². The molecule has 1 amide bonds. The molecule has 2 aromatic carbocycles. The van der Waals surface area contributed by atoms with E-state index in [4.69, 9.17) is 4.74 Å². The van der Waals surface area contributed by atoms with E-state index in [1.54, 1.807) is 33.8 Å². The summed E-state index contributed by atoms with van der Waals surface area (Å²) in [4.78, 5) is 38.4. The Bertz CT molecular complexity index is 1230. The normalized spacial score (nSPS) is 12.5. The fourth-order valence-electron chi connectivity index (χ4n) is 3.80. The lowest BCUT2D eigenvalue weighted by molar-refractivity contribution is -0.145. The molecule has 8 nitrogen and oxygen atoms in total. The fourth-order valence-corrected chi connectivity index (χ4v) is 5.30. The maximum Gasteiger partial charge on any atom is 0.329 e. The van der Waals surface area contributed by atoms with E-state index in [1.165, 1.54) is 28.6 Å². The molecule has 9 heteroatoms. The Hall–Kier alpha value is -3.04. The summed E-state index contributed by atoms with van der Waals surface area (Å²) in [5.74, 6) is -2.01. The van der Waals surface area contributed by atoms with Crippen molar-refractivity contribution in [2.75, 3.05) is 19.7 Å². The van der Waals surface area contributed by atoms with Crippen molar-refractivity contribution < 1.29 is 27.5 Å². The van der Waals surface area contributed by atoms with Gasteiger partial charge in [0, 0.05) is 24.2 Å². The van der Waals surface area contributed by atoms with Crippen LogP contribution in [0.4, 0.5) is 0 Å². The second-order valence-electron chi connectivity index (χ2n) is 9.09. The second-order valence-corrected chi connectivity index (χ2v) is 11.0. The molecule has 0 saturated carbocycles. The highest BCUT2D eigenvalue weighted by atomic mass is 32.2. The Kier molecular flexibility index (Phi) is 9.95. The number of benzene rings is 2. The van der Waals surface area contributed by atoms with Crippen molar-refractivity contribution in [3.05, 3.63) is 64.2 Å². The molecule has 0 radical (unpaired) electrons. The van der Waals surface area contributed by atoms with Crippen LogP contribution in [0.3, 0.4) is 0 Å². The first-order valence-corrected chi connectivity index (χ1v) is 13.5. The summed E-state index contributed by atoms with van der Waals surface area (Å²) in [5.41, 5.74) is 3.42. The standard InChI is InChI=1S/C27H36N2O6S/c1-8-29(9-2)36(33,34)22-12-10-11-21(15-22)26(31)28-25(17(3)4)27(32)35-16-24(30)23-14-19(6)18(5)13-20(23)7/h10-15,17,25H,8-9,16H2,1-7H3,(H,28,31). The Balaban J connectivity index is 2.15. The summed E-state index contributed by atoms with van der Waals surface area (Å²) in [6.45, 7) is 12.8. The number of hydrogen-bond donors (Lipinski definition) is 1. The van der Waals surface area contributed by atoms with Gasteiger partial charge in [-0.05, 0) is 67.6 Å². The molecule has 0 aliphatic carbocycles. The van der Waals surface area contributed by atoms with E-state index in [9.17, 15) is 22.8 Å². The van der Waals surface area contributed by atoms with Gasteiger partial charge < -0.3 is 10.1 Å². The average Bonchev–Trinajstić information content (AvgIpc) is 2.83. The minimum Gasteiger partial charge on any atom is -0.456 e. The molecule has 0 fully saturated rings. The summed E-state index contributed by atoms with van der Waals surface area (Å²) >= 11 is 0. The highest BCUT2D eigenvalue weighted by Gasteiger charge is 2.28. The second kappa shape index (κ2) is 12.3. The van der Waals surface area contributed by atoms with Gasteiger partial charge in [0.2, 0.25) is 15.8 Å². The third-order valence-corrected chi connectivity index (χ3v) is 8.18. The molecular formula is C27H36N2O6S. The van der Waals surface area contributed by atoms with Crippen molar-refractivity contribution in [3.63, 3.8) is 0 Å². The molecule has 1 unspecified atom stereocenters. The van der Waals surface area contributed by atoms with E-state index in [-0.39, 0.29) is 22.2 Å². The van der Waals surface area contributed by atoms with Crippen LogP contribution in [-0.2, 0) is 19.6 Å². The van der Waals surface area contributed by atoms with Gasteiger partial charge >= 0.3 is 5.97 Å². The predicted molar refractivity (Wildman–Crippen MR) is 139 cm³/mol. The van der Waals surface area contributed by atoms with E-state index in [0.29, 0.717) is 18.7 Å². The van der Waals surface area contributed by atoms with Crippen molar-refractivity contribution in [2.45, 2.75) is 59.4 Å². The molecule has 0 aromatic heterocycles. The SMILES string of the molecule is CCN(CC)S(=O)(=O)c1cccc(C(=O)NC(C(=O)OCC(=O)c2cc(C)c(C)cc2C)C(C)C)c1. The van der Waals surface area contributed by atoms with Crippen LogP contribution in [0, 0.1) is 26.7 Å². The van der Waals surface area contributed by atoms with Crippen LogP contribution in [0.1, 0.15) is 65.1 Å². The first-order chi connectivity index (χ1) is 16.8. The fraction of sp³-hybridized carbons (Fsp3) is 0.444. The van der Waals surface area contributed by atoms with E-state index in [1.807, 2.05) is 26.8 Å².